The van der Waals surface area contributed by atoms with Crippen molar-refractivity contribution >= 4 is 45.7 Å². The maximum absolute atomic E-state index is 12.7. The van der Waals surface area contributed by atoms with Gasteiger partial charge in [0, 0.05) is 55.3 Å². The molecule has 0 radical (unpaired) electrons. The first-order valence-corrected chi connectivity index (χ1v) is 12.8. The highest BCUT2D eigenvalue weighted by Crippen LogP contribution is 2.34. The Bertz CT molecular complexity index is 1260. The lowest BCUT2D eigenvalue weighted by molar-refractivity contribution is -0.140. The van der Waals surface area contributed by atoms with Crippen LogP contribution in [0.2, 0.25) is 0 Å². The van der Waals surface area contributed by atoms with E-state index < -0.39 is 6.04 Å². The number of ketones is 1. The van der Waals surface area contributed by atoms with Crippen LogP contribution in [-0.2, 0) is 19.1 Å². The number of nitrogens with zero attached hydrogens (tertiary/aromatic N) is 4. The van der Waals surface area contributed by atoms with Crippen molar-refractivity contribution in [2.75, 3.05) is 56.1 Å². The van der Waals surface area contributed by atoms with Crippen molar-refractivity contribution < 1.29 is 23.8 Å². The van der Waals surface area contributed by atoms with E-state index in [1.807, 2.05) is 31.2 Å². The monoisotopic (exact) mass is 522 g/mol. The zero-order valence-electron chi connectivity index (χ0n) is 22.0. The van der Waals surface area contributed by atoms with Gasteiger partial charge >= 0.3 is 5.97 Å². The summed E-state index contributed by atoms with van der Waals surface area (Å²) in [5.74, 6) is 1.54. The van der Waals surface area contributed by atoms with E-state index in [1.54, 1.807) is 13.3 Å². The van der Waals surface area contributed by atoms with Gasteiger partial charge in [-0.3, -0.25) is 9.59 Å². The number of morpholine rings is 1. The topological polar surface area (TPSA) is 128 Å². The summed E-state index contributed by atoms with van der Waals surface area (Å²) in [6.45, 7) is 4.87. The molecule has 1 unspecified atom stereocenters. The van der Waals surface area contributed by atoms with E-state index in [2.05, 4.69) is 30.5 Å². The Morgan fingerprint density at radius 3 is 2.68 bits per heavy atom. The minimum atomic E-state index is -0.482. The van der Waals surface area contributed by atoms with Crippen LogP contribution in [0.5, 0.6) is 5.75 Å². The highest BCUT2D eigenvalue weighted by molar-refractivity contribution is 5.96. The molecule has 0 spiro atoms. The van der Waals surface area contributed by atoms with Gasteiger partial charge in [0.1, 0.15) is 23.7 Å². The third-order valence-corrected chi connectivity index (χ3v) is 6.49. The van der Waals surface area contributed by atoms with Crippen molar-refractivity contribution in [3.63, 3.8) is 0 Å². The molecule has 1 aliphatic heterocycles. The van der Waals surface area contributed by atoms with Crippen molar-refractivity contribution in [1.29, 1.82) is 0 Å². The van der Waals surface area contributed by atoms with Gasteiger partial charge in [-0.2, -0.15) is 0 Å². The standard InChI is InChI=1S/C27H34N6O5/c1-4-23(34)20(6-5-7-26(35)37-3)31-22-15-19-21(16-24(22)36-2)29-17-30-27(19)32-25-14-18(8-9-28-25)33-10-12-38-13-11-33/h8-9,14-17,20,31H,4-7,10-13H2,1-3H3,(H,28,29,30,32). The van der Waals surface area contributed by atoms with Crippen molar-refractivity contribution in [3.05, 3.63) is 36.8 Å². The molecular weight excluding hydrogens is 488 g/mol. The number of carbonyl (C=O) groups is 2. The first-order chi connectivity index (χ1) is 18.5. The first kappa shape index (κ1) is 27.1. The van der Waals surface area contributed by atoms with Crippen LogP contribution in [-0.4, -0.2) is 73.3 Å². The predicted octanol–water partition coefficient (Wildman–Crippen LogP) is 3.72. The van der Waals surface area contributed by atoms with Crippen LogP contribution >= 0.6 is 0 Å². The van der Waals surface area contributed by atoms with Crippen LogP contribution in [0.25, 0.3) is 10.9 Å². The molecule has 2 aromatic heterocycles. The molecule has 3 aromatic rings. The number of methoxy groups -OCH3 is 2. The smallest absolute Gasteiger partial charge is 0.305 e. The van der Waals surface area contributed by atoms with Crippen LogP contribution in [0.15, 0.2) is 36.8 Å². The molecule has 1 fully saturated rings. The average molecular weight is 523 g/mol. The van der Waals surface area contributed by atoms with Gasteiger partial charge in [-0.1, -0.05) is 6.92 Å². The third kappa shape index (κ3) is 6.65. The summed E-state index contributed by atoms with van der Waals surface area (Å²) in [6.07, 6.45) is 4.87. The maximum Gasteiger partial charge on any atom is 0.305 e. The predicted molar refractivity (Wildman–Crippen MR) is 145 cm³/mol. The molecule has 3 heterocycles. The van der Waals surface area contributed by atoms with E-state index >= 15 is 0 Å². The molecule has 11 heteroatoms. The van der Waals surface area contributed by atoms with Gasteiger partial charge in [-0.05, 0) is 25.0 Å². The Labute approximate surface area is 221 Å². The van der Waals surface area contributed by atoms with Crippen LogP contribution in [0.3, 0.4) is 0 Å². The Kier molecular flexibility index (Phi) is 9.26. The van der Waals surface area contributed by atoms with E-state index in [0.717, 1.165) is 24.2 Å². The number of hydrogen-bond donors (Lipinski definition) is 2. The number of anilines is 4. The van der Waals surface area contributed by atoms with Gasteiger partial charge in [0.15, 0.2) is 5.78 Å². The first-order valence-electron chi connectivity index (χ1n) is 12.8. The zero-order chi connectivity index (χ0) is 26.9. The number of fused-ring (bicyclic) bond motifs is 1. The van der Waals surface area contributed by atoms with Gasteiger partial charge in [0.2, 0.25) is 0 Å². The number of Topliss-reactive ketones (excluding diaryl/α,β-unsaturated/α-hetero) is 1. The number of aromatic nitrogens is 3. The van der Waals surface area contributed by atoms with Crippen molar-refractivity contribution in [2.24, 2.45) is 0 Å². The largest absolute Gasteiger partial charge is 0.495 e. The van der Waals surface area contributed by atoms with E-state index in [9.17, 15) is 9.59 Å². The molecule has 202 valence electrons. The normalized spacial score (nSPS) is 14.1. The zero-order valence-corrected chi connectivity index (χ0v) is 22.0. The van der Waals surface area contributed by atoms with Gasteiger partial charge in [-0.25, -0.2) is 15.0 Å². The fourth-order valence-electron chi connectivity index (χ4n) is 4.39. The van der Waals surface area contributed by atoms with Crippen molar-refractivity contribution in [3.8, 4) is 5.75 Å². The molecule has 1 atom stereocenters. The van der Waals surface area contributed by atoms with Crippen LogP contribution in [0, 0.1) is 0 Å². The lowest BCUT2D eigenvalue weighted by Crippen LogP contribution is -2.36. The van der Waals surface area contributed by atoms with Crippen molar-refractivity contribution in [2.45, 2.75) is 38.6 Å². The van der Waals surface area contributed by atoms with E-state index in [4.69, 9.17) is 14.2 Å². The summed E-state index contributed by atoms with van der Waals surface area (Å²) >= 11 is 0. The number of nitrogens with one attached hydrogen (secondary N) is 2. The number of carbonyl (C=O) groups excluding carboxylic acids is 2. The summed E-state index contributed by atoms with van der Waals surface area (Å²) in [4.78, 5) is 39.9. The summed E-state index contributed by atoms with van der Waals surface area (Å²) in [5, 5.41) is 7.40. The molecule has 1 aliphatic rings. The molecule has 1 saturated heterocycles. The number of hydrogen-bond acceptors (Lipinski definition) is 11. The summed E-state index contributed by atoms with van der Waals surface area (Å²) in [6, 6.07) is 7.16. The van der Waals surface area contributed by atoms with Crippen molar-refractivity contribution in [1.82, 2.24) is 15.0 Å². The summed E-state index contributed by atoms with van der Waals surface area (Å²) in [7, 11) is 2.93. The van der Waals surface area contributed by atoms with Gasteiger partial charge < -0.3 is 29.7 Å². The molecule has 1 aromatic carbocycles. The van der Waals surface area contributed by atoms with E-state index in [0.29, 0.717) is 61.1 Å². The minimum Gasteiger partial charge on any atom is -0.495 e. The number of pyridine rings is 1. The molecule has 11 nitrogen and oxygen atoms in total. The fraction of sp³-hybridized carbons (Fsp3) is 0.444. The quantitative estimate of drug-likeness (QED) is 0.338. The minimum absolute atomic E-state index is 0.0452. The number of esters is 1. The molecule has 0 amide bonds. The Morgan fingerprint density at radius 2 is 1.95 bits per heavy atom. The highest BCUT2D eigenvalue weighted by atomic mass is 16.5. The van der Waals surface area contributed by atoms with Crippen LogP contribution in [0.4, 0.5) is 23.0 Å². The van der Waals surface area contributed by atoms with Gasteiger partial charge in [-0.15, -0.1) is 0 Å². The average Bonchev–Trinajstić information content (AvgIpc) is 2.96. The van der Waals surface area contributed by atoms with Gasteiger partial charge in [0.25, 0.3) is 0 Å². The Hall–Kier alpha value is -3.99. The second-order valence-electron chi connectivity index (χ2n) is 8.90. The van der Waals surface area contributed by atoms with Crippen LogP contribution < -0.4 is 20.3 Å². The second-order valence-corrected chi connectivity index (χ2v) is 8.90. The van der Waals surface area contributed by atoms with Crippen LogP contribution in [0.1, 0.15) is 32.6 Å². The van der Waals surface area contributed by atoms with Gasteiger partial charge in [0.05, 0.1) is 44.7 Å². The number of rotatable bonds is 12. The highest BCUT2D eigenvalue weighted by Gasteiger charge is 2.20. The SMILES string of the molecule is CCC(=O)C(CCCC(=O)OC)Nc1cc2c(Nc3cc(N4CCOCC4)ccn3)ncnc2cc1OC. The molecule has 4 rings (SSSR count). The molecule has 38 heavy (non-hydrogen) atoms. The Balaban J connectivity index is 1.60. The second kappa shape index (κ2) is 13.0. The Morgan fingerprint density at radius 1 is 1.13 bits per heavy atom. The fourth-order valence-corrected chi connectivity index (χ4v) is 4.39. The molecule has 0 saturated carbocycles. The molecule has 0 aliphatic carbocycles. The summed E-state index contributed by atoms with van der Waals surface area (Å²) in [5.41, 5.74) is 2.37. The summed E-state index contributed by atoms with van der Waals surface area (Å²) < 4.78 is 15.8. The molecule has 2 N–H and O–H groups in total. The molecule has 0 bridgehead atoms. The lowest BCUT2D eigenvalue weighted by Gasteiger charge is -2.29. The maximum atomic E-state index is 12.7. The molecular formula is C27H34N6O5. The van der Waals surface area contributed by atoms with E-state index in [1.165, 1.54) is 13.4 Å². The number of ether oxygens (including phenoxy) is 3. The number of benzene rings is 1. The van der Waals surface area contributed by atoms with E-state index in [-0.39, 0.29) is 18.2 Å². The third-order valence-electron chi connectivity index (χ3n) is 6.49. The lowest BCUT2D eigenvalue weighted by atomic mass is 10.0.